The Hall–Kier alpha value is -3.82. The Morgan fingerprint density at radius 3 is 2.27 bits per heavy atom. The third-order valence-corrected chi connectivity index (χ3v) is 6.31. The van der Waals surface area contributed by atoms with E-state index in [2.05, 4.69) is 53.5 Å². The maximum atomic E-state index is 11.5. The predicted octanol–water partition coefficient (Wildman–Crippen LogP) is 7.75. The molecule has 0 aliphatic rings. The van der Waals surface area contributed by atoms with Gasteiger partial charge in [0.05, 0.1) is 10.6 Å². The van der Waals surface area contributed by atoms with Crippen LogP contribution in [0, 0.1) is 6.92 Å². The maximum Gasteiger partial charge on any atom is 0.335 e. The number of carboxylic acids is 1. The molecular weight excluding hydrogens is 430 g/mol. The molecule has 0 atom stereocenters. The third kappa shape index (κ3) is 4.28. The number of carboxylic acid groups (broad SMARTS) is 1. The molecule has 2 N–H and O–H groups in total. The van der Waals surface area contributed by atoms with Crippen LogP contribution in [0.4, 0.5) is 0 Å². The number of benzene rings is 4. The first kappa shape index (κ1) is 21.0. The zero-order chi connectivity index (χ0) is 22.9. The molecule has 5 rings (SSSR count). The molecule has 1 aromatic heterocycles. The molecule has 0 aliphatic heterocycles. The molecular formula is C29H22ClNO2. The zero-order valence-corrected chi connectivity index (χ0v) is 18.9. The first-order chi connectivity index (χ1) is 16.0. The van der Waals surface area contributed by atoms with E-state index < -0.39 is 5.97 Å². The Morgan fingerprint density at radius 1 is 0.848 bits per heavy atom. The lowest BCUT2D eigenvalue weighted by atomic mass is 9.99. The number of hydrogen-bond donors (Lipinski definition) is 2. The summed E-state index contributed by atoms with van der Waals surface area (Å²) in [5.41, 5.74) is 8.43. The van der Waals surface area contributed by atoms with Gasteiger partial charge in [0.25, 0.3) is 0 Å². The van der Waals surface area contributed by atoms with Gasteiger partial charge in [-0.05, 0) is 59.0 Å². The van der Waals surface area contributed by atoms with Crippen LogP contribution in [-0.4, -0.2) is 16.1 Å². The lowest BCUT2D eigenvalue weighted by molar-refractivity contribution is 0.0696. The van der Waals surface area contributed by atoms with E-state index in [9.17, 15) is 9.90 Å². The van der Waals surface area contributed by atoms with Gasteiger partial charge in [-0.2, -0.15) is 0 Å². The summed E-state index contributed by atoms with van der Waals surface area (Å²) in [5.74, 6) is -0.902. The summed E-state index contributed by atoms with van der Waals surface area (Å²) in [6.45, 7) is 1.81. The Kier molecular flexibility index (Phi) is 5.49. The molecule has 0 radical (unpaired) electrons. The van der Waals surface area contributed by atoms with E-state index in [1.807, 2.05) is 43.3 Å². The molecule has 0 spiro atoms. The predicted molar refractivity (Wildman–Crippen MR) is 135 cm³/mol. The standard InChI is InChI=1S/C29H22ClNO2/c1-18-7-8-19(14-25(18)29(32)33)13-24-15-23-16-26(27(30)17-28(23)31-24)22-11-9-21(10-12-22)20-5-3-2-4-6-20/h2-12,14-17,31H,13H2,1H3,(H,32,33). The first-order valence-corrected chi connectivity index (χ1v) is 11.2. The molecule has 0 fully saturated rings. The van der Waals surface area contributed by atoms with Crippen molar-refractivity contribution >= 4 is 28.5 Å². The molecule has 4 heteroatoms. The van der Waals surface area contributed by atoms with Crippen LogP contribution >= 0.6 is 11.6 Å². The van der Waals surface area contributed by atoms with Gasteiger partial charge in [0.15, 0.2) is 0 Å². The number of fused-ring (bicyclic) bond motifs is 1. The number of aromatic carboxylic acids is 1. The summed E-state index contributed by atoms with van der Waals surface area (Å²) in [6.07, 6.45) is 0.619. The maximum absolute atomic E-state index is 11.5. The second-order valence-corrected chi connectivity index (χ2v) is 8.70. The van der Waals surface area contributed by atoms with Crippen LogP contribution in [0.25, 0.3) is 33.2 Å². The van der Waals surface area contributed by atoms with Crippen LogP contribution in [-0.2, 0) is 6.42 Å². The highest BCUT2D eigenvalue weighted by Gasteiger charge is 2.12. The first-order valence-electron chi connectivity index (χ1n) is 10.8. The highest BCUT2D eigenvalue weighted by Crippen LogP contribution is 2.34. The fourth-order valence-electron chi connectivity index (χ4n) is 4.23. The number of nitrogens with one attached hydrogen (secondary N) is 1. The van der Waals surface area contributed by atoms with Gasteiger partial charge < -0.3 is 10.1 Å². The molecule has 33 heavy (non-hydrogen) atoms. The quantitative estimate of drug-likeness (QED) is 0.287. The number of H-pyrrole nitrogens is 1. The summed E-state index contributed by atoms with van der Waals surface area (Å²) in [6, 6.07) is 30.5. The van der Waals surface area contributed by atoms with E-state index in [0.29, 0.717) is 17.0 Å². The summed E-state index contributed by atoms with van der Waals surface area (Å²) in [7, 11) is 0. The van der Waals surface area contributed by atoms with Crippen molar-refractivity contribution in [2.45, 2.75) is 13.3 Å². The number of aryl methyl sites for hydroxylation is 1. The van der Waals surface area contributed by atoms with Crippen molar-refractivity contribution in [3.8, 4) is 22.3 Å². The Morgan fingerprint density at radius 2 is 1.55 bits per heavy atom. The number of rotatable bonds is 5. The second-order valence-electron chi connectivity index (χ2n) is 8.29. The van der Waals surface area contributed by atoms with Crippen molar-refractivity contribution in [2.24, 2.45) is 0 Å². The average Bonchev–Trinajstić information content (AvgIpc) is 3.21. The van der Waals surface area contributed by atoms with Crippen molar-refractivity contribution in [3.63, 3.8) is 0 Å². The highest BCUT2D eigenvalue weighted by atomic mass is 35.5. The lowest BCUT2D eigenvalue weighted by Crippen LogP contribution is -2.01. The van der Waals surface area contributed by atoms with Gasteiger partial charge in [0.1, 0.15) is 0 Å². The van der Waals surface area contributed by atoms with Crippen LogP contribution in [0.3, 0.4) is 0 Å². The topological polar surface area (TPSA) is 53.1 Å². The van der Waals surface area contributed by atoms with Crippen LogP contribution in [0.5, 0.6) is 0 Å². The number of carbonyl (C=O) groups is 1. The molecule has 0 amide bonds. The second kappa shape index (κ2) is 8.61. The summed E-state index contributed by atoms with van der Waals surface area (Å²) in [4.78, 5) is 14.9. The van der Waals surface area contributed by atoms with Gasteiger partial charge in [-0.1, -0.05) is 78.3 Å². The molecule has 3 nitrogen and oxygen atoms in total. The number of hydrogen-bond acceptors (Lipinski definition) is 1. The summed E-state index contributed by atoms with van der Waals surface area (Å²) in [5, 5.41) is 11.2. The molecule has 0 bridgehead atoms. The molecule has 0 saturated heterocycles. The van der Waals surface area contributed by atoms with Gasteiger partial charge in [-0.15, -0.1) is 0 Å². The SMILES string of the molecule is Cc1ccc(Cc2cc3cc(-c4ccc(-c5ccccc5)cc4)c(Cl)cc3[nH]2)cc1C(=O)O. The molecule has 1 heterocycles. The van der Waals surface area contributed by atoms with E-state index in [-0.39, 0.29) is 0 Å². The number of aromatic nitrogens is 1. The Labute approximate surface area is 197 Å². The van der Waals surface area contributed by atoms with E-state index >= 15 is 0 Å². The molecule has 162 valence electrons. The molecule has 4 aromatic carbocycles. The van der Waals surface area contributed by atoms with Crippen molar-refractivity contribution in [1.29, 1.82) is 0 Å². The third-order valence-electron chi connectivity index (χ3n) is 5.99. The van der Waals surface area contributed by atoms with Crippen LogP contribution in [0.1, 0.15) is 27.2 Å². The number of aromatic amines is 1. The van der Waals surface area contributed by atoms with E-state index in [4.69, 9.17) is 11.6 Å². The van der Waals surface area contributed by atoms with E-state index in [0.717, 1.165) is 38.9 Å². The van der Waals surface area contributed by atoms with Crippen LogP contribution in [0.15, 0.2) is 91.0 Å². The molecule has 0 unspecified atom stereocenters. The van der Waals surface area contributed by atoms with Crippen molar-refractivity contribution in [1.82, 2.24) is 4.98 Å². The van der Waals surface area contributed by atoms with Gasteiger partial charge in [0, 0.05) is 28.6 Å². The van der Waals surface area contributed by atoms with Gasteiger partial charge in [-0.3, -0.25) is 0 Å². The Balaban J connectivity index is 1.45. The lowest BCUT2D eigenvalue weighted by Gasteiger charge is -2.07. The van der Waals surface area contributed by atoms with Crippen molar-refractivity contribution < 1.29 is 9.90 Å². The average molecular weight is 452 g/mol. The summed E-state index contributed by atoms with van der Waals surface area (Å²) < 4.78 is 0. The summed E-state index contributed by atoms with van der Waals surface area (Å²) >= 11 is 6.65. The zero-order valence-electron chi connectivity index (χ0n) is 18.1. The number of halogens is 1. The van der Waals surface area contributed by atoms with Crippen LogP contribution < -0.4 is 0 Å². The van der Waals surface area contributed by atoms with Crippen molar-refractivity contribution in [2.75, 3.05) is 0 Å². The minimum absolute atomic E-state index is 0.341. The largest absolute Gasteiger partial charge is 0.478 e. The molecule has 5 aromatic rings. The fourth-order valence-corrected chi connectivity index (χ4v) is 4.51. The minimum Gasteiger partial charge on any atom is -0.478 e. The van der Waals surface area contributed by atoms with Crippen molar-refractivity contribution in [3.05, 3.63) is 118 Å². The molecule has 0 aliphatic carbocycles. The highest BCUT2D eigenvalue weighted by molar-refractivity contribution is 6.34. The fraction of sp³-hybridized carbons (Fsp3) is 0.0690. The van der Waals surface area contributed by atoms with E-state index in [1.165, 1.54) is 11.1 Å². The Bertz CT molecular complexity index is 1470. The van der Waals surface area contributed by atoms with E-state index in [1.54, 1.807) is 6.07 Å². The van der Waals surface area contributed by atoms with Gasteiger partial charge in [0.2, 0.25) is 0 Å². The minimum atomic E-state index is -0.902. The van der Waals surface area contributed by atoms with Gasteiger partial charge >= 0.3 is 5.97 Å². The molecule has 0 saturated carbocycles. The van der Waals surface area contributed by atoms with Gasteiger partial charge in [-0.25, -0.2) is 4.79 Å². The smallest absolute Gasteiger partial charge is 0.335 e. The van der Waals surface area contributed by atoms with Crippen LogP contribution in [0.2, 0.25) is 5.02 Å². The normalized spacial score (nSPS) is 11.1. The monoisotopic (exact) mass is 451 g/mol.